The third kappa shape index (κ3) is 5.35. The summed E-state index contributed by atoms with van der Waals surface area (Å²) >= 11 is 0. The van der Waals surface area contributed by atoms with Crippen LogP contribution in [0.3, 0.4) is 0 Å². The molecule has 6 nitrogen and oxygen atoms in total. The Labute approximate surface area is 176 Å². The van der Waals surface area contributed by atoms with E-state index >= 15 is 0 Å². The van der Waals surface area contributed by atoms with Crippen LogP contribution in [0.15, 0.2) is 54.6 Å². The maximum Gasteiger partial charge on any atom is 0.220 e. The number of hydrogen-bond acceptors (Lipinski definition) is 4. The molecule has 3 aromatic rings. The van der Waals surface area contributed by atoms with Crippen LogP contribution in [-0.2, 0) is 11.3 Å². The van der Waals surface area contributed by atoms with Gasteiger partial charge in [-0.05, 0) is 63.6 Å². The fourth-order valence-corrected chi connectivity index (χ4v) is 3.24. The number of Topliss-reactive ketones (excluding diaryl/α,β-unsaturated/α-hetero) is 1. The van der Waals surface area contributed by atoms with Crippen LogP contribution in [0, 0.1) is 13.8 Å². The van der Waals surface area contributed by atoms with E-state index in [2.05, 4.69) is 10.4 Å². The van der Waals surface area contributed by atoms with Crippen molar-refractivity contribution < 1.29 is 14.3 Å². The number of nitrogens with zero attached hydrogens (tertiary/aromatic N) is 2. The summed E-state index contributed by atoms with van der Waals surface area (Å²) in [5.41, 5.74) is 4.63. The van der Waals surface area contributed by atoms with Crippen LogP contribution in [0.5, 0.6) is 5.75 Å². The van der Waals surface area contributed by atoms with E-state index in [0.717, 1.165) is 22.6 Å². The van der Waals surface area contributed by atoms with Gasteiger partial charge in [-0.1, -0.05) is 18.2 Å². The van der Waals surface area contributed by atoms with Gasteiger partial charge in [-0.25, -0.2) is 4.68 Å². The standard InChI is InChI=1S/C24H27N3O3/c1-17-23(18(2)27(26-17)21-8-5-4-6-9-21)16-25-24(29)10-7-15-30-22-13-11-20(12-14-22)19(3)28/h4-6,8-9,11-14H,7,10,15-16H2,1-3H3,(H,25,29). The van der Waals surface area contributed by atoms with Gasteiger partial charge in [-0.2, -0.15) is 5.10 Å². The van der Waals surface area contributed by atoms with Crippen LogP contribution >= 0.6 is 0 Å². The number of hydrogen-bond donors (Lipinski definition) is 1. The van der Waals surface area contributed by atoms with Crippen LogP contribution < -0.4 is 10.1 Å². The second-order valence-corrected chi connectivity index (χ2v) is 7.21. The highest BCUT2D eigenvalue weighted by molar-refractivity contribution is 5.94. The van der Waals surface area contributed by atoms with Crippen molar-refractivity contribution in [2.24, 2.45) is 0 Å². The average molecular weight is 405 g/mol. The average Bonchev–Trinajstić information content (AvgIpc) is 3.04. The molecule has 6 heteroatoms. The van der Waals surface area contributed by atoms with Gasteiger partial charge in [-0.15, -0.1) is 0 Å². The van der Waals surface area contributed by atoms with Gasteiger partial charge in [0.15, 0.2) is 5.78 Å². The third-order valence-electron chi connectivity index (χ3n) is 4.98. The highest BCUT2D eigenvalue weighted by atomic mass is 16.5. The number of amides is 1. The number of rotatable bonds is 9. The van der Waals surface area contributed by atoms with Gasteiger partial charge in [0, 0.05) is 29.8 Å². The minimum atomic E-state index is -0.0169. The van der Waals surface area contributed by atoms with E-state index in [1.165, 1.54) is 6.92 Å². The Morgan fingerprint density at radius 1 is 1.03 bits per heavy atom. The van der Waals surface area contributed by atoms with Crippen molar-refractivity contribution >= 4 is 11.7 Å². The summed E-state index contributed by atoms with van der Waals surface area (Å²) in [5, 5.41) is 7.59. The summed E-state index contributed by atoms with van der Waals surface area (Å²) in [4.78, 5) is 23.5. The molecule has 0 aliphatic carbocycles. The summed E-state index contributed by atoms with van der Waals surface area (Å²) in [7, 11) is 0. The normalized spacial score (nSPS) is 10.6. The van der Waals surface area contributed by atoms with Crippen LogP contribution in [0.4, 0.5) is 0 Å². The maximum atomic E-state index is 12.2. The van der Waals surface area contributed by atoms with E-state index in [1.807, 2.05) is 48.9 Å². The van der Waals surface area contributed by atoms with Gasteiger partial charge in [-0.3, -0.25) is 9.59 Å². The smallest absolute Gasteiger partial charge is 0.220 e. The lowest BCUT2D eigenvalue weighted by Gasteiger charge is -2.08. The fraction of sp³-hybridized carbons (Fsp3) is 0.292. The van der Waals surface area contributed by atoms with E-state index in [0.29, 0.717) is 37.3 Å². The Morgan fingerprint density at radius 3 is 2.40 bits per heavy atom. The number of carbonyl (C=O) groups excluding carboxylic acids is 2. The summed E-state index contributed by atoms with van der Waals surface area (Å²) < 4.78 is 7.54. The number of nitrogens with one attached hydrogen (secondary N) is 1. The minimum Gasteiger partial charge on any atom is -0.494 e. The molecule has 1 heterocycles. The number of para-hydroxylation sites is 1. The van der Waals surface area contributed by atoms with E-state index in [4.69, 9.17) is 4.74 Å². The second-order valence-electron chi connectivity index (χ2n) is 7.21. The Morgan fingerprint density at radius 2 is 1.73 bits per heavy atom. The summed E-state index contributed by atoms with van der Waals surface area (Å²) in [6.07, 6.45) is 0.998. The van der Waals surface area contributed by atoms with Crippen molar-refractivity contribution in [2.45, 2.75) is 40.2 Å². The number of ether oxygens (including phenoxy) is 1. The molecule has 0 saturated heterocycles. The first kappa shape index (κ1) is 21.3. The second kappa shape index (κ2) is 9.87. The van der Waals surface area contributed by atoms with E-state index < -0.39 is 0 Å². The van der Waals surface area contributed by atoms with Crippen LogP contribution in [0.25, 0.3) is 5.69 Å². The largest absolute Gasteiger partial charge is 0.494 e. The van der Waals surface area contributed by atoms with Crippen molar-refractivity contribution in [1.82, 2.24) is 15.1 Å². The van der Waals surface area contributed by atoms with E-state index in [-0.39, 0.29) is 11.7 Å². The van der Waals surface area contributed by atoms with Crippen molar-refractivity contribution in [3.05, 3.63) is 77.1 Å². The molecule has 3 rings (SSSR count). The predicted molar refractivity (Wildman–Crippen MR) is 116 cm³/mol. The number of benzene rings is 2. The molecular formula is C24H27N3O3. The van der Waals surface area contributed by atoms with Crippen LogP contribution in [0.2, 0.25) is 0 Å². The molecule has 0 atom stereocenters. The van der Waals surface area contributed by atoms with Crippen molar-refractivity contribution in [1.29, 1.82) is 0 Å². The molecule has 1 N–H and O–H groups in total. The number of ketones is 1. The molecule has 0 aliphatic heterocycles. The summed E-state index contributed by atoms with van der Waals surface area (Å²) in [6.45, 7) is 6.40. The highest BCUT2D eigenvalue weighted by Gasteiger charge is 2.13. The zero-order chi connectivity index (χ0) is 21.5. The lowest BCUT2D eigenvalue weighted by atomic mass is 10.1. The molecule has 1 aromatic heterocycles. The molecule has 0 fully saturated rings. The molecule has 1 amide bonds. The Kier molecular flexibility index (Phi) is 7.01. The highest BCUT2D eigenvalue weighted by Crippen LogP contribution is 2.18. The van der Waals surface area contributed by atoms with Crippen molar-refractivity contribution in [3.63, 3.8) is 0 Å². The molecule has 0 unspecified atom stereocenters. The lowest BCUT2D eigenvalue weighted by Crippen LogP contribution is -2.23. The molecule has 0 radical (unpaired) electrons. The van der Waals surface area contributed by atoms with Crippen molar-refractivity contribution in [3.8, 4) is 11.4 Å². The Bertz CT molecular complexity index is 1010. The topological polar surface area (TPSA) is 73.2 Å². The van der Waals surface area contributed by atoms with E-state index in [9.17, 15) is 9.59 Å². The molecule has 2 aromatic carbocycles. The summed E-state index contributed by atoms with van der Waals surface area (Å²) in [5.74, 6) is 0.703. The quantitative estimate of drug-likeness (QED) is 0.428. The minimum absolute atomic E-state index is 0.0169. The van der Waals surface area contributed by atoms with Gasteiger partial charge >= 0.3 is 0 Å². The SMILES string of the molecule is CC(=O)c1ccc(OCCCC(=O)NCc2c(C)nn(-c3ccccc3)c2C)cc1. The fourth-order valence-electron chi connectivity index (χ4n) is 3.24. The van der Waals surface area contributed by atoms with Gasteiger partial charge in [0.05, 0.1) is 18.0 Å². The first-order chi connectivity index (χ1) is 14.5. The molecule has 0 aliphatic rings. The third-order valence-corrected chi connectivity index (χ3v) is 4.98. The zero-order valence-electron chi connectivity index (χ0n) is 17.6. The van der Waals surface area contributed by atoms with Gasteiger partial charge in [0.1, 0.15) is 5.75 Å². The zero-order valence-corrected chi connectivity index (χ0v) is 17.6. The maximum absolute atomic E-state index is 12.2. The molecular weight excluding hydrogens is 378 g/mol. The van der Waals surface area contributed by atoms with Crippen LogP contribution in [-0.4, -0.2) is 28.1 Å². The van der Waals surface area contributed by atoms with Gasteiger partial charge in [0.25, 0.3) is 0 Å². The first-order valence-corrected chi connectivity index (χ1v) is 10.1. The monoisotopic (exact) mass is 405 g/mol. The van der Waals surface area contributed by atoms with Crippen LogP contribution in [0.1, 0.15) is 47.1 Å². The van der Waals surface area contributed by atoms with Gasteiger partial charge < -0.3 is 10.1 Å². The van der Waals surface area contributed by atoms with Crippen molar-refractivity contribution in [2.75, 3.05) is 6.61 Å². The van der Waals surface area contributed by atoms with E-state index in [1.54, 1.807) is 24.3 Å². The number of aromatic nitrogens is 2. The molecule has 0 bridgehead atoms. The Balaban J connectivity index is 1.45. The Hall–Kier alpha value is -3.41. The first-order valence-electron chi connectivity index (χ1n) is 10.1. The predicted octanol–water partition coefficient (Wildman–Crippen LogP) is 4.17. The molecule has 0 spiro atoms. The molecule has 0 saturated carbocycles. The van der Waals surface area contributed by atoms with Gasteiger partial charge in [0.2, 0.25) is 5.91 Å². The molecule has 30 heavy (non-hydrogen) atoms. The summed E-state index contributed by atoms with van der Waals surface area (Å²) in [6, 6.07) is 17.0. The number of aryl methyl sites for hydroxylation is 1. The number of carbonyl (C=O) groups is 2. The lowest BCUT2D eigenvalue weighted by molar-refractivity contribution is -0.121. The molecule has 156 valence electrons.